The number of aryl methyl sites for hydroxylation is 1. The molecule has 96 valence electrons. The molecule has 1 unspecified atom stereocenters. The number of ether oxygens (including phenoxy) is 2. The molecule has 0 aliphatic carbocycles. The van der Waals surface area contributed by atoms with Crippen LogP contribution < -0.4 is 10.1 Å². The van der Waals surface area contributed by atoms with E-state index in [9.17, 15) is 0 Å². The Kier molecular flexibility index (Phi) is 6.34. The van der Waals surface area contributed by atoms with Gasteiger partial charge in [-0.25, -0.2) is 0 Å². The van der Waals surface area contributed by atoms with Crippen molar-refractivity contribution in [1.82, 2.24) is 5.32 Å². The lowest BCUT2D eigenvalue weighted by Gasteiger charge is -2.20. The van der Waals surface area contributed by atoms with Gasteiger partial charge in [-0.2, -0.15) is 0 Å². The molecule has 17 heavy (non-hydrogen) atoms. The molecule has 1 aromatic carbocycles. The van der Waals surface area contributed by atoms with Crippen molar-refractivity contribution < 1.29 is 9.47 Å². The Labute approximate surface area is 108 Å². The Morgan fingerprint density at radius 1 is 1.41 bits per heavy atom. The summed E-state index contributed by atoms with van der Waals surface area (Å²) in [5, 5.41) is 3.93. The third-order valence-electron chi connectivity index (χ3n) is 2.42. The molecule has 4 heteroatoms. The number of nitrogens with one attached hydrogen (secondary N) is 1. The molecule has 0 aliphatic rings. The highest BCUT2D eigenvalue weighted by Gasteiger charge is 2.11. The molecule has 0 bridgehead atoms. The molecule has 0 amide bonds. The predicted octanol–water partition coefficient (Wildman–Crippen LogP) is 2.65. The van der Waals surface area contributed by atoms with Gasteiger partial charge in [0.15, 0.2) is 0 Å². The zero-order valence-electron chi connectivity index (χ0n) is 10.6. The van der Waals surface area contributed by atoms with Crippen molar-refractivity contribution in [3.05, 3.63) is 28.8 Å². The first-order valence-corrected chi connectivity index (χ1v) is 6.17. The first-order chi connectivity index (χ1) is 8.17. The standard InChI is InChI=1S/C13H20ClNO2/c1-4-15-8-12(9-16-3)17-13-7-11(14)6-5-10(13)2/h5-7,12,15H,4,8-9H2,1-3H3. The van der Waals surface area contributed by atoms with Gasteiger partial charge in [-0.1, -0.05) is 24.6 Å². The van der Waals surface area contributed by atoms with Crippen LogP contribution in [0.5, 0.6) is 5.75 Å². The lowest BCUT2D eigenvalue weighted by Crippen LogP contribution is -2.35. The van der Waals surface area contributed by atoms with Crippen LogP contribution in [-0.2, 0) is 4.74 Å². The van der Waals surface area contributed by atoms with E-state index in [0.717, 1.165) is 24.4 Å². The van der Waals surface area contributed by atoms with E-state index in [0.29, 0.717) is 11.6 Å². The highest BCUT2D eigenvalue weighted by Crippen LogP contribution is 2.23. The number of hydrogen-bond acceptors (Lipinski definition) is 3. The quantitative estimate of drug-likeness (QED) is 0.815. The zero-order chi connectivity index (χ0) is 12.7. The molecular weight excluding hydrogens is 238 g/mol. The van der Waals surface area contributed by atoms with E-state index in [2.05, 4.69) is 12.2 Å². The summed E-state index contributed by atoms with van der Waals surface area (Å²) in [5.74, 6) is 0.817. The summed E-state index contributed by atoms with van der Waals surface area (Å²) < 4.78 is 11.0. The van der Waals surface area contributed by atoms with Crippen LogP contribution in [0.3, 0.4) is 0 Å². The van der Waals surface area contributed by atoms with Gasteiger partial charge in [0.2, 0.25) is 0 Å². The molecule has 1 atom stereocenters. The molecule has 0 aliphatic heterocycles. The number of rotatable bonds is 7. The second-order valence-corrected chi connectivity index (χ2v) is 4.35. The van der Waals surface area contributed by atoms with Crippen molar-refractivity contribution in [2.45, 2.75) is 20.0 Å². The first kappa shape index (κ1) is 14.3. The second kappa shape index (κ2) is 7.54. The number of halogens is 1. The molecule has 0 aromatic heterocycles. The number of methoxy groups -OCH3 is 1. The summed E-state index contributed by atoms with van der Waals surface area (Å²) >= 11 is 5.95. The first-order valence-electron chi connectivity index (χ1n) is 5.79. The topological polar surface area (TPSA) is 30.5 Å². The Morgan fingerprint density at radius 3 is 2.82 bits per heavy atom. The smallest absolute Gasteiger partial charge is 0.134 e. The normalized spacial score (nSPS) is 12.5. The Morgan fingerprint density at radius 2 is 2.18 bits per heavy atom. The van der Waals surface area contributed by atoms with Crippen LogP contribution in [0.4, 0.5) is 0 Å². The maximum Gasteiger partial charge on any atom is 0.134 e. The summed E-state index contributed by atoms with van der Waals surface area (Å²) in [6.07, 6.45) is -0.00267. The molecule has 0 saturated carbocycles. The van der Waals surface area contributed by atoms with E-state index < -0.39 is 0 Å². The van der Waals surface area contributed by atoms with Gasteiger partial charge in [0.25, 0.3) is 0 Å². The monoisotopic (exact) mass is 257 g/mol. The lowest BCUT2D eigenvalue weighted by molar-refractivity contribution is 0.0805. The highest BCUT2D eigenvalue weighted by atomic mass is 35.5. The minimum Gasteiger partial charge on any atom is -0.486 e. The Balaban J connectivity index is 2.67. The minimum absolute atomic E-state index is 0.00267. The van der Waals surface area contributed by atoms with Gasteiger partial charge in [-0.3, -0.25) is 0 Å². The molecule has 3 nitrogen and oxygen atoms in total. The summed E-state index contributed by atoms with van der Waals surface area (Å²) in [7, 11) is 1.67. The largest absolute Gasteiger partial charge is 0.486 e. The molecule has 0 spiro atoms. The van der Waals surface area contributed by atoms with Crippen molar-refractivity contribution >= 4 is 11.6 Å². The maximum absolute atomic E-state index is 5.95. The van der Waals surface area contributed by atoms with Crippen molar-refractivity contribution in [3.63, 3.8) is 0 Å². The van der Waals surface area contributed by atoms with E-state index in [1.807, 2.05) is 25.1 Å². The fraction of sp³-hybridized carbons (Fsp3) is 0.538. The van der Waals surface area contributed by atoms with Crippen LogP contribution in [-0.4, -0.2) is 32.9 Å². The van der Waals surface area contributed by atoms with E-state index in [1.165, 1.54) is 0 Å². The second-order valence-electron chi connectivity index (χ2n) is 3.91. The SMILES string of the molecule is CCNCC(COC)Oc1cc(Cl)ccc1C. The van der Waals surface area contributed by atoms with Gasteiger partial charge in [0.1, 0.15) is 11.9 Å². The molecular formula is C13H20ClNO2. The van der Waals surface area contributed by atoms with E-state index >= 15 is 0 Å². The molecule has 0 fully saturated rings. The number of likely N-dealkylation sites (N-methyl/N-ethyl adjacent to an activating group) is 1. The summed E-state index contributed by atoms with van der Waals surface area (Å²) in [5.41, 5.74) is 1.08. The fourth-order valence-electron chi connectivity index (χ4n) is 1.51. The van der Waals surface area contributed by atoms with Gasteiger partial charge < -0.3 is 14.8 Å². The zero-order valence-corrected chi connectivity index (χ0v) is 11.4. The van der Waals surface area contributed by atoms with Crippen LogP contribution in [0.15, 0.2) is 18.2 Å². The van der Waals surface area contributed by atoms with Crippen LogP contribution in [0.2, 0.25) is 5.02 Å². The third-order valence-corrected chi connectivity index (χ3v) is 2.65. The number of benzene rings is 1. The Hall–Kier alpha value is -0.770. The highest BCUT2D eigenvalue weighted by molar-refractivity contribution is 6.30. The van der Waals surface area contributed by atoms with Crippen molar-refractivity contribution in [2.24, 2.45) is 0 Å². The van der Waals surface area contributed by atoms with Gasteiger partial charge >= 0.3 is 0 Å². The fourth-order valence-corrected chi connectivity index (χ4v) is 1.67. The van der Waals surface area contributed by atoms with Gasteiger partial charge in [-0.05, 0) is 31.2 Å². The van der Waals surface area contributed by atoms with Crippen LogP contribution in [0.25, 0.3) is 0 Å². The summed E-state index contributed by atoms with van der Waals surface area (Å²) in [4.78, 5) is 0. The molecule has 0 radical (unpaired) electrons. The molecule has 1 rings (SSSR count). The molecule has 1 N–H and O–H groups in total. The van der Waals surface area contributed by atoms with Gasteiger partial charge in [0, 0.05) is 18.7 Å². The predicted molar refractivity (Wildman–Crippen MR) is 71.0 cm³/mol. The average Bonchev–Trinajstić information content (AvgIpc) is 2.31. The summed E-state index contributed by atoms with van der Waals surface area (Å²) in [6.45, 7) is 6.30. The van der Waals surface area contributed by atoms with Crippen LogP contribution >= 0.6 is 11.6 Å². The Bertz CT molecular complexity index is 344. The molecule has 0 heterocycles. The van der Waals surface area contributed by atoms with Gasteiger partial charge in [-0.15, -0.1) is 0 Å². The molecule has 0 saturated heterocycles. The van der Waals surface area contributed by atoms with Crippen molar-refractivity contribution in [2.75, 3.05) is 26.8 Å². The van der Waals surface area contributed by atoms with Crippen LogP contribution in [0, 0.1) is 6.92 Å². The van der Waals surface area contributed by atoms with E-state index in [1.54, 1.807) is 7.11 Å². The molecule has 1 aromatic rings. The maximum atomic E-state index is 5.95. The van der Waals surface area contributed by atoms with Crippen molar-refractivity contribution in [1.29, 1.82) is 0 Å². The lowest BCUT2D eigenvalue weighted by atomic mass is 10.2. The number of hydrogen-bond donors (Lipinski definition) is 1. The van der Waals surface area contributed by atoms with Crippen LogP contribution in [0.1, 0.15) is 12.5 Å². The minimum atomic E-state index is -0.00267. The van der Waals surface area contributed by atoms with E-state index in [-0.39, 0.29) is 6.10 Å². The third kappa shape index (κ3) is 4.94. The summed E-state index contributed by atoms with van der Waals surface area (Å²) in [6, 6.07) is 5.65. The van der Waals surface area contributed by atoms with Crippen molar-refractivity contribution in [3.8, 4) is 5.75 Å². The van der Waals surface area contributed by atoms with Gasteiger partial charge in [0.05, 0.1) is 6.61 Å². The average molecular weight is 258 g/mol. The van der Waals surface area contributed by atoms with E-state index in [4.69, 9.17) is 21.1 Å².